The highest BCUT2D eigenvalue weighted by Crippen LogP contribution is 2.27. The molecule has 0 spiro atoms. The van der Waals surface area contributed by atoms with E-state index in [0.717, 1.165) is 31.6 Å². The molecule has 0 radical (unpaired) electrons. The molecule has 0 saturated carbocycles. The van der Waals surface area contributed by atoms with Crippen molar-refractivity contribution in [3.05, 3.63) is 33.7 Å². The summed E-state index contributed by atoms with van der Waals surface area (Å²) >= 11 is 0. The molecule has 0 aromatic carbocycles. The molecule has 0 amide bonds. The highest BCUT2D eigenvalue weighted by molar-refractivity contribution is 5.26. The molecule has 0 saturated heterocycles. The molecular formula is C15H25N3O. The molecule has 1 aromatic rings. The summed E-state index contributed by atoms with van der Waals surface area (Å²) in [5, 5.41) is 3.63. The van der Waals surface area contributed by atoms with Crippen molar-refractivity contribution in [1.29, 1.82) is 0 Å². The molecule has 1 unspecified atom stereocenters. The predicted octanol–water partition coefficient (Wildman–Crippen LogP) is 1.68. The quantitative estimate of drug-likeness (QED) is 0.768. The Morgan fingerprint density at radius 2 is 2.21 bits per heavy atom. The topological polar surface area (TPSA) is 48.1 Å². The zero-order chi connectivity index (χ0) is 13.7. The van der Waals surface area contributed by atoms with Crippen LogP contribution in [0.25, 0.3) is 0 Å². The number of fused-ring (bicyclic) bond motifs is 1. The zero-order valence-electron chi connectivity index (χ0n) is 12.0. The van der Waals surface area contributed by atoms with E-state index in [9.17, 15) is 4.79 Å². The normalized spacial score (nSPS) is 18.6. The Morgan fingerprint density at radius 1 is 1.37 bits per heavy atom. The van der Waals surface area contributed by atoms with Gasteiger partial charge in [-0.3, -0.25) is 4.79 Å². The minimum absolute atomic E-state index is 0.0189. The second kappa shape index (κ2) is 6.87. The third-order valence-corrected chi connectivity index (χ3v) is 3.75. The van der Waals surface area contributed by atoms with Gasteiger partial charge in [-0.2, -0.15) is 0 Å². The summed E-state index contributed by atoms with van der Waals surface area (Å²) < 4.78 is 0. The second-order valence-electron chi connectivity index (χ2n) is 5.67. The maximum absolute atomic E-state index is 11.3. The van der Waals surface area contributed by atoms with Gasteiger partial charge in [0, 0.05) is 17.8 Å². The molecule has 2 N–H and O–H groups in total. The van der Waals surface area contributed by atoms with E-state index in [0.29, 0.717) is 6.04 Å². The van der Waals surface area contributed by atoms with Gasteiger partial charge in [0.25, 0.3) is 0 Å². The molecule has 1 aliphatic rings. The van der Waals surface area contributed by atoms with Crippen LogP contribution in [0.2, 0.25) is 0 Å². The summed E-state index contributed by atoms with van der Waals surface area (Å²) in [5.41, 5.74) is 2.44. The van der Waals surface area contributed by atoms with Gasteiger partial charge in [-0.05, 0) is 64.9 Å². The molecule has 19 heavy (non-hydrogen) atoms. The lowest BCUT2D eigenvalue weighted by molar-refractivity contribution is 0.382. The van der Waals surface area contributed by atoms with Gasteiger partial charge in [-0.1, -0.05) is 6.07 Å². The minimum atomic E-state index is 0.0189. The minimum Gasteiger partial charge on any atom is -0.326 e. The fourth-order valence-corrected chi connectivity index (χ4v) is 2.74. The van der Waals surface area contributed by atoms with Gasteiger partial charge in [0.1, 0.15) is 0 Å². The van der Waals surface area contributed by atoms with Crippen LogP contribution in [0.1, 0.15) is 43.0 Å². The number of rotatable bonds is 6. The van der Waals surface area contributed by atoms with E-state index in [4.69, 9.17) is 0 Å². The van der Waals surface area contributed by atoms with E-state index >= 15 is 0 Å². The molecule has 1 atom stereocenters. The number of unbranched alkanes of at least 4 members (excludes halogenated alkanes) is 1. The second-order valence-corrected chi connectivity index (χ2v) is 5.67. The van der Waals surface area contributed by atoms with Crippen molar-refractivity contribution in [1.82, 2.24) is 15.2 Å². The van der Waals surface area contributed by atoms with Gasteiger partial charge >= 0.3 is 0 Å². The SMILES string of the molecule is CN(C)CCCCNC1CCCc2[nH]c(=O)ccc21. The number of nitrogens with zero attached hydrogens (tertiary/aromatic N) is 1. The highest BCUT2D eigenvalue weighted by atomic mass is 16.1. The molecule has 0 fully saturated rings. The fraction of sp³-hybridized carbons (Fsp3) is 0.667. The highest BCUT2D eigenvalue weighted by Gasteiger charge is 2.19. The van der Waals surface area contributed by atoms with Crippen molar-refractivity contribution < 1.29 is 0 Å². The van der Waals surface area contributed by atoms with Crippen LogP contribution in [0.3, 0.4) is 0 Å². The van der Waals surface area contributed by atoms with Crippen LogP contribution in [-0.2, 0) is 6.42 Å². The van der Waals surface area contributed by atoms with E-state index in [-0.39, 0.29) is 5.56 Å². The van der Waals surface area contributed by atoms with Crippen LogP contribution in [0.5, 0.6) is 0 Å². The summed E-state index contributed by atoms with van der Waals surface area (Å²) in [6.45, 7) is 2.20. The number of aromatic amines is 1. The summed E-state index contributed by atoms with van der Waals surface area (Å²) in [7, 11) is 4.22. The van der Waals surface area contributed by atoms with Gasteiger partial charge in [-0.15, -0.1) is 0 Å². The van der Waals surface area contributed by atoms with E-state index in [2.05, 4.69) is 29.3 Å². The monoisotopic (exact) mass is 263 g/mol. The third kappa shape index (κ3) is 4.18. The summed E-state index contributed by atoms with van der Waals surface area (Å²) in [4.78, 5) is 16.5. The molecule has 106 valence electrons. The van der Waals surface area contributed by atoms with Crippen LogP contribution in [0.4, 0.5) is 0 Å². The Labute approximate surface area is 115 Å². The molecule has 0 aliphatic heterocycles. The van der Waals surface area contributed by atoms with Crippen LogP contribution in [-0.4, -0.2) is 37.1 Å². The Bertz CT molecular complexity index is 453. The van der Waals surface area contributed by atoms with Gasteiger partial charge < -0.3 is 15.2 Å². The zero-order valence-corrected chi connectivity index (χ0v) is 12.0. The standard InChI is InChI=1S/C15H25N3O/c1-18(2)11-4-3-10-16-13-6-5-7-14-12(13)8-9-15(19)17-14/h8-9,13,16H,3-7,10-11H2,1-2H3,(H,17,19). The first-order valence-corrected chi connectivity index (χ1v) is 7.27. The van der Waals surface area contributed by atoms with E-state index in [1.54, 1.807) is 6.07 Å². The van der Waals surface area contributed by atoms with Crippen LogP contribution in [0, 0.1) is 0 Å². The molecule has 1 aromatic heterocycles. The van der Waals surface area contributed by atoms with Crippen molar-refractivity contribution in [2.45, 2.75) is 38.1 Å². The summed E-state index contributed by atoms with van der Waals surface area (Å²) in [6.07, 6.45) is 5.76. The van der Waals surface area contributed by atoms with Gasteiger partial charge in [0.15, 0.2) is 0 Å². The Morgan fingerprint density at radius 3 is 3.00 bits per heavy atom. The molecule has 4 heteroatoms. The molecule has 4 nitrogen and oxygen atoms in total. The Kier molecular flexibility index (Phi) is 5.16. The van der Waals surface area contributed by atoms with Gasteiger partial charge in [0.2, 0.25) is 5.56 Å². The molecule has 1 heterocycles. The third-order valence-electron chi connectivity index (χ3n) is 3.75. The largest absolute Gasteiger partial charge is 0.326 e. The van der Waals surface area contributed by atoms with Crippen molar-refractivity contribution in [3.8, 4) is 0 Å². The number of hydrogen-bond acceptors (Lipinski definition) is 3. The van der Waals surface area contributed by atoms with Crippen LogP contribution < -0.4 is 10.9 Å². The predicted molar refractivity (Wildman–Crippen MR) is 78.5 cm³/mol. The maximum Gasteiger partial charge on any atom is 0.248 e. The fourth-order valence-electron chi connectivity index (χ4n) is 2.74. The Hall–Kier alpha value is -1.13. The lowest BCUT2D eigenvalue weighted by Gasteiger charge is -2.26. The Balaban J connectivity index is 1.84. The summed E-state index contributed by atoms with van der Waals surface area (Å²) in [6, 6.07) is 4.05. The number of hydrogen-bond donors (Lipinski definition) is 2. The van der Waals surface area contributed by atoms with E-state index in [1.165, 1.54) is 24.8 Å². The first-order valence-electron chi connectivity index (χ1n) is 7.27. The van der Waals surface area contributed by atoms with Crippen molar-refractivity contribution in [3.63, 3.8) is 0 Å². The lowest BCUT2D eigenvalue weighted by atomic mass is 9.91. The van der Waals surface area contributed by atoms with E-state index < -0.39 is 0 Å². The average molecular weight is 263 g/mol. The number of H-pyrrole nitrogens is 1. The molecule has 0 bridgehead atoms. The first-order chi connectivity index (χ1) is 9.16. The molecular weight excluding hydrogens is 238 g/mol. The average Bonchev–Trinajstić information content (AvgIpc) is 2.37. The van der Waals surface area contributed by atoms with Crippen molar-refractivity contribution >= 4 is 0 Å². The van der Waals surface area contributed by atoms with E-state index in [1.807, 2.05) is 6.07 Å². The van der Waals surface area contributed by atoms with Gasteiger partial charge in [-0.25, -0.2) is 0 Å². The maximum atomic E-state index is 11.3. The van der Waals surface area contributed by atoms with Crippen molar-refractivity contribution in [2.75, 3.05) is 27.2 Å². The number of pyridine rings is 1. The molecule has 1 aliphatic carbocycles. The smallest absolute Gasteiger partial charge is 0.248 e. The summed E-state index contributed by atoms with van der Waals surface area (Å²) in [5.74, 6) is 0. The first kappa shape index (κ1) is 14.3. The number of nitrogens with one attached hydrogen (secondary N) is 2. The lowest BCUT2D eigenvalue weighted by Crippen LogP contribution is -2.28. The van der Waals surface area contributed by atoms with Gasteiger partial charge in [0.05, 0.1) is 0 Å². The van der Waals surface area contributed by atoms with Crippen LogP contribution >= 0.6 is 0 Å². The van der Waals surface area contributed by atoms with Crippen LogP contribution in [0.15, 0.2) is 16.9 Å². The van der Waals surface area contributed by atoms with Crippen molar-refractivity contribution in [2.24, 2.45) is 0 Å². The molecule has 2 rings (SSSR count). The number of aryl methyl sites for hydroxylation is 1. The number of aromatic nitrogens is 1.